The fraction of sp³-hybridized carbons (Fsp3) is 0.316. The van der Waals surface area contributed by atoms with Crippen LogP contribution < -0.4 is 10.2 Å². The average molecular weight is 352 g/mol. The van der Waals surface area contributed by atoms with Gasteiger partial charge in [-0.2, -0.15) is 0 Å². The zero-order valence-electron chi connectivity index (χ0n) is 14.4. The number of rotatable bonds is 5. The standard InChI is InChI=1S/C19H20N4O3/c24-19(15-11-17(26-22-15)16-5-4-10-25-16)21-13-14-6-7-18(20-12-14)23-8-2-1-3-9-23/h4-7,10-12H,1-3,8-9,13H2,(H,21,24). The van der Waals surface area contributed by atoms with Gasteiger partial charge in [0.05, 0.1) is 6.26 Å². The van der Waals surface area contributed by atoms with Crippen LogP contribution in [0.15, 0.2) is 51.7 Å². The lowest BCUT2D eigenvalue weighted by atomic mass is 10.1. The smallest absolute Gasteiger partial charge is 0.273 e. The van der Waals surface area contributed by atoms with Crippen molar-refractivity contribution in [3.05, 3.63) is 54.0 Å². The van der Waals surface area contributed by atoms with E-state index in [0.29, 0.717) is 18.1 Å². The van der Waals surface area contributed by atoms with Crippen molar-refractivity contribution < 1.29 is 13.7 Å². The molecule has 0 aromatic carbocycles. The molecule has 7 nitrogen and oxygen atoms in total. The summed E-state index contributed by atoms with van der Waals surface area (Å²) in [6.45, 7) is 2.51. The van der Waals surface area contributed by atoms with Gasteiger partial charge in [0.2, 0.25) is 5.76 Å². The van der Waals surface area contributed by atoms with Gasteiger partial charge in [-0.3, -0.25) is 4.79 Å². The monoisotopic (exact) mass is 352 g/mol. The highest BCUT2D eigenvalue weighted by Gasteiger charge is 2.15. The maximum atomic E-state index is 12.2. The van der Waals surface area contributed by atoms with Gasteiger partial charge in [-0.1, -0.05) is 11.2 Å². The SMILES string of the molecule is O=C(NCc1ccc(N2CCCCC2)nc1)c1cc(-c2ccco2)on1. The fourth-order valence-electron chi connectivity index (χ4n) is 3.02. The van der Waals surface area contributed by atoms with Gasteiger partial charge in [-0.25, -0.2) is 4.98 Å². The van der Waals surface area contributed by atoms with Gasteiger partial charge in [-0.05, 0) is 43.0 Å². The van der Waals surface area contributed by atoms with Crippen LogP contribution in [0.4, 0.5) is 5.82 Å². The first-order valence-electron chi connectivity index (χ1n) is 8.78. The second-order valence-corrected chi connectivity index (χ2v) is 6.31. The maximum Gasteiger partial charge on any atom is 0.273 e. The Morgan fingerprint density at radius 3 is 2.77 bits per heavy atom. The second kappa shape index (κ2) is 7.43. The Bertz CT molecular complexity index is 849. The Morgan fingerprint density at radius 2 is 2.04 bits per heavy atom. The molecule has 1 fully saturated rings. The van der Waals surface area contributed by atoms with E-state index in [-0.39, 0.29) is 11.6 Å². The molecule has 0 unspecified atom stereocenters. The molecule has 4 rings (SSSR count). The van der Waals surface area contributed by atoms with Crippen LogP contribution in [0.1, 0.15) is 35.3 Å². The summed E-state index contributed by atoms with van der Waals surface area (Å²) in [6, 6.07) is 9.06. The molecule has 1 saturated heterocycles. The Hall–Kier alpha value is -3.09. The van der Waals surface area contributed by atoms with Gasteiger partial charge in [-0.15, -0.1) is 0 Å². The molecule has 1 amide bonds. The molecule has 1 aliphatic rings. The number of carbonyl (C=O) groups excluding carboxylic acids is 1. The van der Waals surface area contributed by atoms with Crippen molar-refractivity contribution in [2.24, 2.45) is 0 Å². The Morgan fingerprint density at radius 1 is 1.15 bits per heavy atom. The molecule has 26 heavy (non-hydrogen) atoms. The number of nitrogens with zero attached hydrogens (tertiary/aromatic N) is 3. The van der Waals surface area contributed by atoms with E-state index in [0.717, 1.165) is 24.5 Å². The van der Waals surface area contributed by atoms with E-state index >= 15 is 0 Å². The summed E-state index contributed by atoms with van der Waals surface area (Å²) >= 11 is 0. The highest BCUT2D eigenvalue weighted by molar-refractivity contribution is 5.92. The van der Waals surface area contributed by atoms with E-state index in [9.17, 15) is 4.79 Å². The van der Waals surface area contributed by atoms with Crippen LogP contribution >= 0.6 is 0 Å². The summed E-state index contributed by atoms with van der Waals surface area (Å²) in [6.07, 6.45) is 7.08. The number of pyridine rings is 1. The van der Waals surface area contributed by atoms with E-state index in [1.54, 1.807) is 24.4 Å². The molecule has 1 aliphatic heterocycles. The van der Waals surface area contributed by atoms with Gasteiger partial charge >= 0.3 is 0 Å². The molecular weight excluding hydrogens is 332 g/mol. The number of anilines is 1. The molecule has 134 valence electrons. The minimum atomic E-state index is -0.299. The van der Waals surface area contributed by atoms with Crippen molar-refractivity contribution in [2.45, 2.75) is 25.8 Å². The summed E-state index contributed by atoms with van der Waals surface area (Å²) in [5, 5.41) is 6.62. The first-order chi connectivity index (χ1) is 12.8. The zero-order valence-corrected chi connectivity index (χ0v) is 14.4. The molecule has 0 atom stereocenters. The summed E-state index contributed by atoms with van der Waals surface area (Å²) in [5.41, 5.74) is 1.16. The van der Waals surface area contributed by atoms with Gasteiger partial charge in [0.1, 0.15) is 5.82 Å². The quantitative estimate of drug-likeness (QED) is 0.759. The Balaban J connectivity index is 1.34. The third kappa shape index (κ3) is 3.61. The lowest BCUT2D eigenvalue weighted by molar-refractivity contribution is 0.0942. The van der Waals surface area contributed by atoms with Gasteiger partial charge < -0.3 is 19.2 Å². The number of aromatic nitrogens is 2. The van der Waals surface area contributed by atoms with Crippen LogP contribution in [0.2, 0.25) is 0 Å². The van der Waals surface area contributed by atoms with Crippen molar-refractivity contribution in [3.63, 3.8) is 0 Å². The average Bonchev–Trinajstić information content (AvgIpc) is 3.39. The Labute approximate surface area is 151 Å². The first-order valence-corrected chi connectivity index (χ1v) is 8.78. The van der Waals surface area contributed by atoms with Crippen LogP contribution in [0.25, 0.3) is 11.5 Å². The molecule has 7 heteroatoms. The maximum absolute atomic E-state index is 12.2. The van der Waals surface area contributed by atoms with E-state index in [1.165, 1.54) is 25.5 Å². The van der Waals surface area contributed by atoms with Gasteiger partial charge in [0.15, 0.2) is 11.5 Å². The predicted molar refractivity (Wildman–Crippen MR) is 95.7 cm³/mol. The number of amides is 1. The third-order valence-corrected chi connectivity index (χ3v) is 4.45. The summed E-state index contributed by atoms with van der Waals surface area (Å²) in [4.78, 5) is 19.0. The predicted octanol–water partition coefficient (Wildman–Crippen LogP) is 3.25. The van der Waals surface area contributed by atoms with Crippen LogP contribution in [0, 0.1) is 0 Å². The third-order valence-electron chi connectivity index (χ3n) is 4.45. The van der Waals surface area contributed by atoms with E-state index in [1.807, 2.05) is 12.1 Å². The first kappa shape index (κ1) is 16.4. The number of nitrogens with one attached hydrogen (secondary N) is 1. The molecule has 4 heterocycles. The van der Waals surface area contributed by atoms with Gasteiger partial charge in [0, 0.05) is 31.9 Å². The number of furan rings is 1. The number of piperidine rings is 1. The highest BCUT2D eigenvalue weighted by atomic mass is 16.5. The minimum Gasteiger partial charge on any atom is -0.461 e. The molecule has 0 radical (unpaired) electrons. The van der Waals surface area contributed by atoms with Crippen molar-refractivity contribution in [1.29, 1.82) is 0 Å². The molecule has 0 saturated carbocycles. The Kier molecular flexibility index (Phi) is 4.68. The van der Waals surface area contributed by atoms with E-state index in [4.69, 9.17) is 8.94 Å². The van der Waals surface area contributed by atoms with Gasteiger partial charge in [0.25, 0.3) is 5.91 Å². The summed E-state index contributed by atoms with van der Waals surface area (Å²) < 4.78 is 10.4. The number of carbonyl (C=O) groups is 1. The van der Waals surface area contributed by atoms with E-state index < -0.39 is 0 Å². The van der Waals surface area contributed by atoms with Crippen molar-refractivity contribution in [2.75, 3.05) is 18.0 Å². The van der Waals surface area contributed by atoms with Crippen molar-refractivity contribution in [1.82, 2.24) is 15.5 Å². The van der Waals surface area contributed by atoms with Crippen molar-refractivity contribution in [3.8, 4) is 11.5 Å². The second-order valence-electron chi connectivity index (χ2n) is 6.31. The molecule has 0 aliphatic carbocycles. The van der Waals surface area contributed by atoms with Crippen LogP contribution in [-0.2, 0) is 6.54 Å². The summed E-state index contributed by atoms with van der Waals surface area (Å²) in [7, 11) is 0. The fourth-order valence-corrected chi connectivity index (χ4v) is 3.02. The highest BCUT2D eigenvalue weighted by Crippen LogP contribution is 2.20. The zero-order chi connectivity index (χ0) is 17.8. The van der Waals surface area contributed by atoms with Crippen LogP contribution in [0.5, 0.6) is 0 Å². The lowest BCUT2D eigenvalue weighted by Crippen LogP contribution is -2.30. The lowest BCUT2D eigenvalue weighted by Gasteiger charge is -2.27. The molecule has 3 aromatic rings. The number of hydrogen-bond acceptors (Lipinski definition) is 6. The molecular formula is C19H20N4O3. The minimum absolute atomic E-state index is 0.217. The topological polar surface area (TPSA) is 84.4 Å². The number of hydrogen-bond donors (Lipinski definition) is 1. The molecule has 0 spiro atoms. The molecule has 3 aromatic heterocycles. The van der Waals surface area contributed by atoms with Crippen molar-refractivity contribution >= 4 is 11.7 Å². The normalized spacial score (nSPS) is 14.4. The van der Waals surface area contributed by atoms with Crippen LogP contribution in [-0.4, -0.2) is 29.1 Å². The molecule has 1 N–H and O–H groups in total. The van der Waals surface area contributed by atoms with E-state index in [2.05, 4.69) is 20.4 Å². The molecule has 0 bridgehead atoms. The largest absolute Gasteiger partial charge is 0.461 e. The summed E-state index contributed by atoms with van der Waals surface area (Å²) in [5.74, 6) is 1.66. The van der Waals surface area contributed by atoms with Crippen LogP contribution in [0.3, 0.4) is 0 Å².